The molecule has 0 spiro atoms. The highest BCUT2D eigenvalue weighted by molar-refractivity contribution is 6.35. The minimum Gasteiger partial charge on any atom is -0.445 e. The zero-order valence-corrected chi connectivity index (χ0v) is 16.2. The summed E-state index contributed by atoms with van der Waals surface area (Å²) >= 11 is 0. The van der Waals surface area contributed by atoms with Gasteiger partial charge in [-0.25, -0.2) is 9.88 Å². The number of aryl methyl sites for hydroxylation is 1. The molecule has 0 N–H and O–H groups in total. The molecule has 1 aliphatic rings. The fourth-order valence-corrected chi connectivity index (χ4v) is 3.73. The summed E-state index contributed by atoms with van der Waals surface area (Å²) in [7, 11) is 0. The van der Waals surface area contributed by atoms with Gasteiger partial charge in [-0.3, -0.25) is 9.59 Å². The van der Waals surface area contributed by atoms with E-state index in [9.17, 15) is 9.59 Å². The van der Waals surface area contributed by atoms with E-state index in [1.807, 2.05) is 25.1 Å². The number of para-hydroxylation sites is 1. The average molecular weight is 374 g/mol. The monoisotopic (exact) mass is 374 g/mol. The van der Waals surface area contributed by atoms with Crippen LogP contribution in [0.25, 0.3) is 11.5 Å². The summed E-state index contributed by atoms with van der Waals surface area (Å²) in [5.41, 5.74) is 4.26. The molecule has 0 saturated carbocycles. The number of aromatic nitrogens is 1. The van der Waals surface area contributed by atoms with Crippen LogP contribution in [0.4, 0.5) is 5.69 Å². The van der Waals surface area contributed by atoms with Gasteiger partial charge in [0, 0.05) is 5.56 Å². The number of fused-ring (bicyclic) bond motifs is 1. The maximum Gasteiger partial charge on any atom is 0.266 e. The highest BCUT2D eigenvalue weighted by atomic mass is 16.3. The fraction of sp³-hybridized carbons (Fsp3) is 0.261. The average Bonchev–Trinajstić information content (AvgIpc) is 3.34. The number of imide groups is 1. The minimum atomic E-state index is -0.293. The minimum absolute atomic E-state index is 0.244. The Labute approximate surface area is 164 Å². The quantitative estimate of drug-likeness (QED) is 0.575. The van der Waals surface area contributed by atoms with Crippen molar-refractivity contribution in [2.45, 2.75) is 39.5 Å². The second-order valence-corrected chi connectivity index (χ2v) is 7.06. The first kappa shape index (κ1) is 18.2. The molecule has 0 saturated heterocycles. The molecule has 0 fully saturated rings. The largest absolute Gasteiger partial charge is 0.445 e. The third-order valence-corrected chi connectivity index (χ3v) is 5.46. The number of anilines is 1. The van der Waals surface area contributed by atoms with Gasteiger partial charge in [-0.1, -0.05) is 39.0 Å². The zero-order chi connectivity index (χ0) is 19.8. The van der Waals surface area contributed by atoms with Crippen LogP contribution in [0.2, 0.25) is 0 Å². The number of carbonyl (C=O) groups is 2. The first-order valence-corrected chi connectivity index (χ1v) is 9.61. The topological polar surface area (TPSA) is 63.4 Å². The third-order valence-electron chi connectivity index (χ3n) is 5.46. The van der Waals surface area contributed by atoms with Crippen LogP contribution in [0.5, 0.6) is 0 Å². The van der Waals surface area contributed by atoms with Gasteiger partial charge in [-0.2, -0.15) is 0 Å². The molecule has 0 bridgehead atoms. The summed E-state index contributed by atoms with van der Waals surface area (Å²) in [6.45, 7) is 6.27. The number of benzene rings is 2. The van der Waals surface area contributed by atoms with E-state index in [2.05, 4.69) is 18.8 Å². The van der Waals surface area contributed by atoms with Crippen LogP contribution in [0.15, 0.2) is 53.3 Å². The van der Waals surface area contributed by atoms with Gasteiger partial charge in [-0.05, 0) is 48.1 Å². The molecule has 4 rings (SSSR count). The van der Waals surface area contributed by atoms with Gasteiger partial charge in [0.1, 0.15) is 6.26 Å². The van der Waals surface area contributed by atoms with Crippen LogP contribution < -0.4 is 4.90 Å². The standard InChI is InChI=1S/C23H22N2O3/c1-4-14(3)17-8-6-7-15(5-2)20(17)25-22(26)18-10-9-16(13-19(18)23(25)27)21-24-11-12-28-21/h6-14H,4-5H2,1-3H3. The lowest BCUT2D eigenvalue weighted by Crippen LogP contribution is -2.31. The zero-order valence-electron chi connectivity index (χ0n) is 16.2. The van der Waals surface area contributed by atoms with Crippen LogP contribution in [0, 0.1) is 0 Å². The number of oxazole rings is 1. The van der Waals surface area contributed by atoms with E-state index in [-0.39, 0.29) is 17.7 Å². The Morgan fingerprint density at radius 2 is 1.86 bits per heavy atom. The summed E-state index contributed by atoms with van der Waals surface area (Å²) in [5.74, 6) is 0.104. The molecule has 1 aromatic heterocycles. The predicted molar refractivity (Wildman–Crippen MR) is 108 cm³/mol. The Bertz CT molecular complexity index is 1050. The van der Waals surface area contributed by atoms with E-state index in [1.54, 1.807) is 24.4 Å². The van der Waals surface area contributed by atoms with Crippen LogP contribution in [-0.4, -0.2) is 16.8 Å². The molecule has 2 amide bonds. The van der Waals surface area contributed by atoms with Gasteiger partial charge in [0.2, 0.25) is 5.89 Å². The fourth-order valence-electron chi connectivity index (χ4n) is 3.73. The molecule has 0 radical (unpaired) electrons. The van der Waals surface area contributed by atoms with Crippen molar-refractivity contribution in [1.29, 1.82) is 0 Å². The Hall–Kier alpha value is -3.21. The first-order valence-electron chi connectivity index (χ1n) is 9.61. The van der Waals surface area contributed by atoms with E-state index in [1.165, 1.54) is 11.2 Å². The second-order valence-electron chi connectivity index (χ2n) is 7.06. The van der Waals surface area contributed by atoms with Gasteiger partial charge in [0.15, 0.2) is 0 Å². The SMILES string of the molecule is CCc1cccc(C(C)CC)c1N1C(=O)c2ccc(-c3ncco3)cc2C1=O. The van der Waals surface area contributed by atoms with Gasteiger partial charge < -0.3 is 4.42 Å². The molecule has 0 aliphatic carbocycles. The van der Waals surface area contributed by atoms with Gasteiger partial charge in [0.25, 0.3) is 11.8 Å². The summed E-state index contributed by atoms with van der Waals surface area (Å²) in [5, 5.41) is 0. The molecule has 2 heterocycles. The number of hydrogen-bond acceptors (Lipinski definition) is 4. The van der Waals surface area contributed by atoms with E-state index < -0.39 is 0 Å². The molecule has 142 valence electrons. The normalized spacial score (nSPS) is 14.5. The van der Waals surface area contributed by atoms with Gasteiger partial charge in [0.05, 0.1) is 23.0 Å². The third kappa shape index (κ3) is 2.74. The number of hydrogen-bond donors (Lipinski definition) is 0. The molecule has 2 aromatic carbocycles. The molecular weight excluding hydrogens is 352 g/mol. The highest BCUT2D eigenvalue weighted by Gasteiger charge is 2.39. The maximum absolute atomic E-state index is 13.3. The van der Waals surface area contributed by atoms with Gasteiger partial charge in [-0.15, -0.1) is 0 Å². The van der Waals surface area contributed by atoms with Crippen molar-refractivity contribution >= 4 is 17.5 Å². The summed E-state index contributed by atoms with van der Waals surface area (Å²) < 4.78 is 5.33. The van der Waals surface area contributed by atoms with Crippen LogP contribution in [-0.2, 0) is 6.42 Å². The number of amides is 2. The smallest absolute Gasteiger partial charge is 0.266 e. The molecule has 1 unspecified atom stereocenters. The summed E-state index contributed by atoms with van der Waals surface area (Å²) in [6.07, 6.45) is 4.71. The lowest BCUT2D eigenvalue weighted by molar-refractivity contribution is 0.0925. The number of nitrogens with zero attached hydrogens (tertiary/aromatic N) is 2. The van der Waals surface area contributed by atoms with Crippen molar-refractivity contribution in [2.24, 2.45) is 0 Å². The molecule has 5 heteroatoms. The van der Waals surface area contributed by atoms with Crippen molar-refractivity contribution in [3.63, 3.8) is 0 Å². The van der Waals surface area contributed by atoms with E-state index in [4.69, 9.17) is 4.42 Å². The Morgan fingerprint density at radius 1 is 1.07 bits per heavy atom. The van der Waals surface area contributed by atoms with Crippen LogP contribution in [0.1, 0.15) is 65.0 Å². The van der Waals surface area contributed by atoms with Crippen molar-refractivity contribution < 1.29 is 14.0 Å². The van der Waals surface area contributed by atoms with E-state index in [0.717, 1.165) is 29.7 Å². The Morgan fingerprint density at radius 3 is 2.54 bits per heavy atom. The summed E-state index contributed by atoms with van der Waals surface area (Å²) in [4.78, 5) is 32.0. The second kappa shape index (κ2) is 7.08. The van der Waals surface area contributed by atoms with E-state index in [0.29, 0.717) is 22.6 Å². The first-order chi connectivity index (χ1) is 13.6. The van der Waals surface area contributed by atoms with Crippen molar-refractivity contribution in [3.05, 3.63) is 71.1 Å². The van der Waals surface area contributed by atoms with Gasteiger partial charge >= 0.3 is 0 Å². The van der Waals surface area contributed by atoms with Crippen molar-refractivity contribution in [1.82, 2.24) is 4.98 Å². The predicted octanol–water partition coefficient (Wildman–Crippen LogP) is 5.22. The molecule has 1 aliphatic heterocycles. The van der Waals surface area contributed by atoms with E-state index >= 15 is 0 Å². The molecule has 3 aromatic rings. The van der Waals surface area contributed by atoms with Crippen LogP contribution in [0.3, 0.4) is 0 Å². The lowest BCUT2D eigenvalue weighted by atomic mass is 9.93. The number of rotatable bonds is 5. The van der Waals surface area contributed by atoms with Crippen molar-refractivity contribution in [2.75, 3.05) is 4.90 Å². The molecule has 1 atom stereocenters. The summed E-state index contributed by atoms with van der Waals surface area (Å²) in [6, 6.07) is 11.2. The number of carbonyl (C=O) groups excluding carboxylic acids is 2. The Balaban J connectivity index is 1.85. The molecule has 28 heavy (non-hydrogen) atoms. The molecular formula is C23H22N2O3. The maximum atomic E-state index is 13.3. The Kier molecular flexibility index (Phi) is 4.59. The van der Waals surface area contributed by atoms with Crippen molar-refractivity contribution in [3.8, 4) is 11.5 Å². The highest BCUT2D eigenvalue weighted by Crippen LogP contribution is 2.38. The van der Waals surface area contributed by atoms with Crippen LogP contribution >= 0.6 is 0 Å². The molecule has 5 nitrogen and oxygen atoms in total. The lowest BCUT2D eigenvalue weighted by Gasteiger charge is -2.24.